The molecule has 7 heteroatoms. The maximum Gasteiger partial charge on any atom is 0.232 e. The van der Waals surface area contributed by atoms with E-state index in [-0.39, 0.29) is 30.0 Å². The summed E-state index contributed by atoms with van der Waals surface area (Å²) in [7, 11) is 0. The van der Waals surface area contributed by atoms with Crippen molar-refractivity contribution in [3.63, 3.8) is 0 Å². The fourth-order valence-electron chi connectivity index (χ4n) is 13.2. The van der Waals surface area contributed by atoms with Crippen LogP contribution in [0.1, 0.15) is 98.3 Å². The van der Waals surface area contributed by atoms with Gasteiger partial charge in [-0.1, -0.05) is 27.7 Å². The molecule has 8 fully saturated rings. The molecule has 4 saturated carbocycles. The highest BCUT2D eigenvalue weighted by Gasteiger charge is 2.68. The van der Waals surface area contributed by atoms with Gasteiger partial charge in [0.25, 0.3) is 0 Å². The van der Waals surface area contributed by atoms with Gasteiger partial charge in [-0.15, -0.1) is 0 Å². The Balaban J connectivity index is 0.888. The van der Waals surface area contributed by atoms with E-state index in [2.05, 4.69) is 43.6 Å². The van der Waals surface area contributed by atoms with E-state index in [9.17, 15) is 9.59 Å². The highest BCUT2D eigenvalue weighted by atomic mass is 16.5. The van der Waals surface area contributed by atoms with Crippen molar-refractivity contribution in [2.45, 2.75) is 116 Å². The number of nitrogens with zero attached hydrogens (tertiary/aromatic N) is 1. The van der Waals surface area contributed by atoms with Crippen LogP contribution in [0, 0.1) is 64.1 Å². The number of likely N-dealkylation sites (tertiary alicyclic amines) is 1. The lowest BCUT2D eigenvalue weighted by Crippen LogP contribution is -2.58. The Labute approximate surface area is 259 Å². The summed E-state index contributed by atoms with van der Waals surface area (Å²) >= 11 is 0. The topological polar surface area (TPSA) is 82.7 Å². The van der Waals surface area contributed by atoms with Crippen molar-refractivity contribution in [2.24, 2.45) is 64.1 Å². The van der Waals surface area contributed by atoms with Crippen LogP contribution in [0.5, 0.6) is 0 Å². The first-order chi connectivity index (χ1) is 20.6. The molecule has 240 valence electrons. The van der Waals surface area contributed by atoms with Crippen molar-refractivity contribution < 1.29 is 14.3 Å². The highest BCUT2D eigenvalue weighted by Crippen LogP contribution is 2.71. The van der Waals surface area contributed by atoms with E-state index in [1.54, 1.807) is 0 Å². The molecule has 0 radical (unpaired) electrons. The second-order valence-corrected chi connectivity index (χ2v) is 17.5. The van der Waals surface area contributed by atoms with Gasteiger partial charge in [0, 0.05) is 44.7 Å². The largest absolute Gasteiger partial charge is 0.357 e. The van der Waals surface area contributed by atoms with Crippen molar-refractivity contribution in [1.82, 2.24) is 20.9 Å². The maximum atomic E-state index is 13.0. The molecule has 0 aromatic carbocycles. The molecule has 0 aromatic heterocycles. The number of hydrogen-bond acceptors (Lipinski definition) is 5. The third-order valence-corrected chi connectivity index (χ3v) is 15.6. The van der Waals surface area contributed by atoms with Crippen molar-refractivity contribution in [2.75, 3.05) is 32.7 Å². The minimum absolute atomic E-state index is 0.0227. The van der Waals surface area contributed by atoms with E-state index in [1.165, 1.54) is 51.4 Å². The average Bonchev–Trinajstić information content (AvgIpc) is 3.71. The molecule has 4 heterocycles. The predicted molar refractivity (Wildman–Crippen MR) is 167 cm³/mol. The number of rotatable bonds is 3. The van der Waals surface area contributed by atoms with Crippen LogP contribution in [0.25, 0.3) is 0 Å². The van der Waals surface area contributed by atoms with Crippen LogP contribution < -0.4 is 16.0 Å². The van der Waals surface area contributed by atoms with E-state index in [0.717, 1.165) is 69.2 Å². The number of piperidine rings is 1. The smallest absolute Gasteiger partial charge is 0.232 e. The van der Waals surface area contributed by atoms with E-state index >= 15 is 0 Å². The predicted octanol–water partition coefficient (Wildman–Crippen LogP) is 4.56. The van der Waals surface area contributed by atoms with Crippen LogP contribution in [-0.4, -0.2) is 67.3 Å². The third kappa shape index (κ3) is 4.51. The Morgan fingerprint density at radius 2 is 1.65 bits per heavy atom. The van der Waals surface area contributed by atoms with Gasteiger partial charge in [0.1, 0.15) is 12.1 Å². The SMILES string of the molecule is C[C@@H]1CC[C@@]2(NC1)O[C@H]1C[C@H]3[C@@H]4CC[C@H]5C[C@@H](NC(=O)CC(=O)N6CC7CNCC7C6)CC[C@]5(C)[C@H]4CC[C@]3(C)[C@H]1[C@@H]2C. The molecule has 8 aliphatic rings. The van der Waals surface area contributed by atoms with Crippen molar-refractivity contribution in [1.29, 1.82) is 0 Å². The van der Waals surface area contributed by atoms with E-state index < -0.39 is 0 Å². The Kier molecular flexibility index (Phi) is 7.08. The zero-order valence-electron chi connectivity index (χ0n) is 27.3. The maximum absolute atomic E-state index is 13.0. The molecule has 8 rings (SSSR count). The first-order valence-corrected chi connectivity index (χ1v) is 18.3. The molecule has 4 aliphatic carbocycles. The molecule has 2 unspecified atom stereocenters. The van der Waals surface area contributed by atoms with Crippen LogP contribution in [0.2, 0.25) is 0 Å². The van der Waals surface area contributed by atoms with Crippen molar-refractivity contribution in [3.8, 4) is 0 Å². The first kappa shape index (κ1) is 29.2. The van der Waals surface area contributed by atoms with Crippen LogP contribution in [-0.2, 0) is 14.3 Å². The minimum atomic E-state index is -0.0747. The van der Waals surface area contributed by atoms with Crippen LogP contribution in [0.3, 0.4) is 0 Å². The summed E-state index contributed by atoms with van der Waals surface area (Å²) in [4.78, 5) is 27.9. The molecule has 43 heavy (non-hydrogen) atoms. The van der Waals surface area contributed by atoms with E-state index in [4.69, 9.17) is 4.74 Å². The third-order valence-electron chi connectivity index (χ3n) is 15.6. The first-order valence-electron chi connectivity index (χ1n) is 18.3. The van der Waals surface area contributed by atoms with Gasteiger partial charge >= 0.3 is 0 Å². The lowest BCUT2D eigenvalue weighted by Gasteiger charge is -2.61. The molecule has 4 saturated heterocycles. The molecule has 7 nitrogen and oxygen atoms in total. The quantitative estimate of drug-likeness (QED) is 0.418. The van der Waals surface area contributed by atoms with Gasteiger partial charge in [0.15, 0.2) is 0 Å². The number of carbonyl (C=O) groups is 2. The Morgan fingerprint density at radius 3 is 2.40 bits per heavy atom. The zero-order chi connectivity index (χ0) is 29.7. The second-order valence-electron chi connectivity index (χ2n) is 17.5. The highest BCUT2D eigenvalue weighted by molar-refractivity contribution is 5.97. The van der Waals surface area contributed by atoms with Crippen LogP contribution in [0.4, 0.5) is 0 Å². The fraction of sp³-hybridized carbons (Fsp3) is 0.944. The van der Waals surface area contributed by atoms with Crippen molar-refractivity contribution in [3.05, 3.63) is 0 Å². The normalized spacial score (nSPS) is 53.6. The van der Waals surface area contributed by atoms with Crippen LogP contribution in [0.15, 0.2) is 0 Å². The molecular formula is C36H58N4O3. The monoisotopic (exact) mass is 594 g/mol. The fourth-order valence-corrected chi connectivity index (χ4v) is 13.2. The van der Waals surface area contributed by atoms with Crippen LogP contribution >= 0.6 is 0 Å². The minimum Gasteiger partial charge on any atom is -0.357 e. The molecule has 1 spiro atoms. The summed E-state index contributed by atoms with van der Waals surface area (Å²) in [5, 5.41) is 10.7. The summed E-state index contributed by atoms with van der Waals surface area (Å²) in [6.07, 6.45) is 13.0. The number of carbonyl (C=O) groups excluding carboxylic acids is 2. The Hall–Kier alpha value is -1.18. The lowest BCUT2D eigenvalue weighted by molar-refractivity contribution is -0.138. The molecule has 0 aromatic rings. The van der Waals surface area contributed by atoms with E-state index in [0.29, 0.717) is 46.5 Å². The Bertz CT molecular complexity index is 1110. The van der Waals surface area contributed by atoms with Crippen molar-refractivity contribution >= 4 is 11.8 Å². The summed E-state index contributed by atoms with van der Waals surface area (Å²) < 4.78 is 7.09. The standard InChI is InChI=1S/C36H58N4O3/c1-21-7-12-36(38-16-21)22(2)33-30(43-36)14-29-27-6-5-25-13-26(8-10-34(25,3)28(27)9-11-35(29,33)4)39-31(41)15-32(42)40-19-23-17-37-18-24(23)20-40/h21-30,33,37-38H,5-20H2,1-4H3,(H,39,41)/t21-,22+,23?,24?,25+,26+,27-,28+,29+,30+,33+,34+,35+,36-/m1/s1. The van der Waals surface area contributed by atoms with Gasteiger partial charge in [0.2, 0.25) is 11.8 Å². The molecule has 0 bridgehead atoms. The number of nitrogens with one attached hydrogen (secondary N) is 3. The molecule has 3 N–H and O–H groups in total. The summed E-state index contributed by atoms with van der Waals surface area (Å²) in [6.45, 7) is 14.9. The van der Waals surface area contributed by atoms with E-state index in [1.807, 2.05) is 4.90 Å². The molecular weight excluding hydrogens is 536 g/mol. The van der Waals surface area contributed by atoms with Gasteiger partial charge < -0.3 is 20.3 Å². The average molecular weight is 595 g/mol. The number of fused-ring (bicyclic) bond motifs is 8. The van der Waals surface area contributed by atoms with Gasteiger partial charge in [0.05, 0.1) is 6.10 Å². The summed E-state index contributed by atoms with van der Waals surface area (Å²) in [6, 6.07) is 0.230. The van der Waals surface area contributed by atoms with Gasteiger partial charge in [-0.25, -0.2) is 0 Å². The van der Waals surface area contributed by atoms with Gasteiger partial charge in [-0.3, -0.25) is 14.9 Å². The van der Waals surface area contributed by atoms with Gasteiger partial charge in [-0.05, 0) is 122 Å². The number of ether oxygens (including phenoxy) is 1. The summed E-state index contributed by atoms with van der Waals surface area (Å²) in [5.41, 5.74) is 0.717. The number of hydrogen-bond donors (Lipinski definition) is 3. The lowest BCUT2D eigenvalue weighted by atomic mass is 9.44. The zero-order valence-corrected chi connectivity index (χ0v) is 27.3. The molecule has 2 amide bonds. The molecule has 14 atom stereocenters. The Morgan fingerprint density at radius 1 is 0.884 bits per heavy atom. The molecule has 4 aliphatic heterocycles. The summed E-state index contributed by atoms with van der Waals surface area (Å²) in [5.74, 6) is 6.28. The van der Waals surface area contributed by atoms with Gasteiger partial charge in [-0.2, -0.15) is 0 Å². The number of amides is 2. The second kappa shape index (κ2) is 10.4.